The van der Waals surface area contributed by atoms with E-state index < -0.39 is 11.2 Å². The molecule has 1 aliphatic heterocycles. The number of furan rings is 1. The van der Waals surface area contributed by atoms with Crippen LogP contribution in [0.25, 0.3) is 0 Å². The smallest absolute Gasteiger partial charge is 0.241 e. The Morgan fingerprint density at radius 3 is 2.63 bits per heavy atom. The van der Waals surface area contributed by atoms with E-state index in [9.17, 15) is 9.59 Å². The molecule has 1 aliphatic rings. The first-order chi connectivity index (χ1) is 14.5. The molecule has 3 aromatic rings. The molecule has 1 aromatic heterocycles. The van der Waals surface area contributed by atoms with Gasteiger partial charge in [-0.2, -0.15) is 0 Å². The number of para-hydroxylation sites is 1. The lowest BCUT2D eigenvalue weighted by molar-refractivity contribution is -0.128. The molecule has 1 N–H and O–H groups in total. The zero-order chi connectivity index (χ0) is 21.1. The second kappa shape index (κ2) is 8.79. The highest BCUT2D eigenvalue weighted by atomic mass is 32.2. The van der Waals surface area contributed by atoms with Crippen molar-refractivity contribution in [2.45, 2.75) is 37.1 Å². The van der Waals surface area contributed by atoms with Crippen LogP contribution < -0.4 is 10.2 Å². The Morgan fingerprint density at radius 1 is 1.13 bits per heavy atom. The van der Waals surface area contributed by atoms with Gasteiger partial charge in [-0.05, 0) is 36.8 Å². The third-order valence-corrected chi connectivity index (χ3v) is 6.73. The lowest BCUT2D eigenvalue weighted by Crippen LogP contribution is -2.47. The number of aryl methyl sites for hydroxylation is 1. The lowest BCUT2D eigenvalue weighted by atomic mass is 10.0. The monoisotopic (exact) mass is 420 g/mol. The number of carbonyl (C=O) groups excluding carboxylic acids is 2. The Morgan fingerprint density at radius 2 is 1.90 bits per heavy atom. The van der Waals surface area contributed by atoms with Crippen molar-refractivity contribution >= 4 is 29.3 Å². The summed E-state index contributed by atoms with van der Waals surface area (Å²) in [5.74, 6) is 0.00249. The Labute approximate surface area is 180 Å². The van der Waals surface area contributed by atoms with E-state index in [1.165, 1.54) is 17.3 Å². The minimum absolute atomic E-state index is 0.0417. The normalized spacial score (nSPS) is 16.8. The van der Waals surface area contributed by atoms with E-state index in [0.29, 0.717) is 18.8 Å². The van der Waals surface area contributed by atoms with Gasteiger partial charge in [0, 0.05) is 4.90 Å². The minimum Gasteiger partial charge on any atom is -0.467 e. The van der Waals surface area contributed by atoms with Crippen LogP contribution in [0.2, 0.25) is 0 Å². The van der Waals surface area contributed by atoms with Crippen molar-refractivity contribution in [2.24, 2.45) is 5.92 Å². The molecule has 0 aliphatic carbocycles. The molecule has 0 spiro atoms. The predicted molar refractivity (Wildman–Crippen MR) is 118 cm³/mol. The van der Waals surface area contributed by atoms with Crippen LogP contribution in [0, 0.1) is 12.8 Å². The first kappa shape index (κ1) is 20.3. The van der Waals surface area contributed by atoms with Crippen LogP contribution in [0.1, 0.15) is 23.8 Å². The van der Waals surface area contributed by atoms with Crippen molar-refractivity contribution in [3.8, 4) is 0 Å². The number of amides is 2. The molecule has 2 amide bonds. The molecule has 6 heteroatoms. The minimum atomic E-state index is -0.484. The van der Waals surface area contributed by atoms with E-state index in [2.05, 4.69) is 5.32 Å². The number of nitrogens with one attached hydrogen (secondary N) is 1. The average molecular weight is 421 g/mol. The van der Waals surface area contributed by atoms with Crippen LogP contribution in [-0.2, 0) is 22.7 Å². The fourth-order valence-electron chi connectivity index (χ4n) is 3.48. The van der Waals surface area contributed by atoms with Gasteiger partial charge >= 0.3 is 0 Å². The van der Waals surface area contributed by atoms with Crippen molar-refractivity contribution in [1.29, 1.82) is 0 Å². The zero-order valence-corrected chi connectivity index (χ0v) is 17.8. The maximum absolute atomic E-state index is 13.4. The zero-order valence-electron chi connectivity index (χ0n) is 17.0. The highest BCUT2D eigenvalue weighted by Crippen LogP contribution is 2.42. The molecule has 0 unspecified atom stereocenters. The molecule has 2 atom stereocenters. The quantitative estimate of drug-likeness (QED) is 0.636. The molecule has 0 saturated heterocycles. The van der Waals surface area contributed by atoms with Gasteiger partial charge in [-0.3, -0.25) is 9.59 Å². The highest BCUT2D eigenvalue weighted by molar-refractivity contribution is 8.01. The molecule has 0 radical (unpaired) electrons. The van der Waals surface area contributed by atoms with Gasteiger partial charge in [0.1, 0.15) is 11.0 Å². The number of benzene rings is 2. The predicted octanol–water partition coefficient (Wildman–Crippen LogP) is 4.55. The summed E-state index contributed by atoms with van der Waals surface area (Å²) in [6, 6.07) is 19.7. The topological polar surface area (TPSA) is 62.6 Å². The second-order valence-electron chi connectivity index (χ2n) is 7.50. The van der Waals surface area contributed by atoms with E-state index in [4.69, 9.17) is 4.42 Å². The summed E-state index contributed by atoms with van der Waals surface area (Å²) in [4.78, 5) is 29.0. The molecule has 0 fully saturated rings. The van der Waals surface area contributed by atoms with Crippen LogP contribution in [0.3, 0.4) is 0 Å². The summed E-state index contributed by atoms with van der Waals surface area (Å²) in [5, 5.41) is 2.40. The van der Waals surface area contributed by atoms with E-state index >= 15 is 0 Å². The summed E-state index contributed by atoms with van der Waals surface area (Å²) in [6.07, 6.45) is 1.57. The van der Waals surface area contributed by atoms with E-state index in [0.717, 1.165) is 16.1 Å². The van der Waals surface area contributed by atoms with Gasteiger partial charge in [-0.15, -0.1) is 11.8 Å². The van der Waals surface area contributed by atoms with E-state index in [1.807, 2.05) is 68.4 Å². The summed E-state index contributed by atoms with van der Waals surface area (Å²) in [7, 11) is 0. The molecular formula is C24H24N2O3S. The molecule has 30 heavy (non-hydrogen) atoms. The summed E-state index contributed by atoms with van der Waals surface area (Å²) in [6.45, 7) is 4.64. The standard InChI is InChI=1S/C24H24N2O3S/c1-16-9-11-18(12-10-16)15-26-20-7-3-4-8-21(20)30-22(24(26)28)17(2)23(27)25-14-19-6-5-13-29-19/h3-13,17,22H,14-15H2,1-2H3,(H,25,27)/t17-,22+/m0/s1. The molecule has 0 saturated carbocycles. The van der Waals surface area contributed by atoms with Crippen molar-refractivity contribution in [3.63, 3.8) is 0 Å². The van der Waals surface area contributed by atoms with Crippen LogP contribution in [0.4, 0.5) is 5.69 Å². The number of anilines is 1. The molecular weight excluding hydrogens is 396 g/mol. The van der Waals surface area contributed by atoms with Crippen molar-refractivity contribution in [1.82, 2.24) is 5.32 Å². The number of thioether (sulfide) groups is 1. The highest BCUT2D eigenvalue weighted by Gasteiger charge is 2.39. The number of rotatable bonds is 6. The molecule has 2 heterocycles. The van der Waals surface area contributed by atoms with Crippen molar-refractivity contribution in [3.05, 3.63) is 83.8 Å². The molecule has 154 valence electrons. The van der Waals surface area contributed by atoms with Crippen LogP contribution in [0.15, 0.2) is 76.2 Å². The van der Waals surface area contributed by atoms with Gasteiger partial charge in [0.25, 0.3) is 0 Å². The van der Waals surface area contributed by atoms with Gasteiger partial charge in [0.15, 0.2) is 0 Å². The molecule has 4 rings (SSSR count). The van der Waals surface area contributed by atoms with Gasteiger partial charge in [0.05, 0.1) is 31.0 Å². The summed E-state index contributed by atoms with van der Waals surface area (Å²) in [5.41, 5.74) is 3.14. The van der Waals surface area contributed by atoms with Crippen LogP contribution in [0.5, 0.6) is 0 Å². The summed E-state index contributed by atoms with van der Waals surface area (Å²) >= 11 is 1.47. The molecule has 0 bridgehead atoms. The van der Waals surface area contributed by atoms with Gasteiger partial charge < -0.3 is 14.6 Å². The van der Waals surface area contributed by atoms with E-state index in [-0.39, 0.29) is 11.8 Å². The Balaban J connectivity index is 1.54. The fourth-order valence-corrected chi connectivity index (χ4v) is 4.77. The van der Waals surface area contributed by atoms with Gasteiger partial charge in [-0.25, -0.2) is 0 Å². The first-order valence-electron chi connectivity index (χ1n) is 9.95. The Hall–Kier alpha value is -2.99. The number of nitrogens with zero attached hydrogens (tertiary/aromatic N) is 1. The summed E-state index contributed by atoms with van der Waals surface area (Å²) < 4.78 is 5.27. The first-order valence-corrected chi connectivity index (χ1v) is 10.8. The Bertz CT molecular complexity index is 1030. The van der Waals surface area contributed by atoms with E-state index in [1.54, 1.807) is 17.2 Å². The average Bonchev–Trinajstić information content (AvgIpc) is 3.28. The van der Waals surface area contributed by atoms with Gasteiger partial charge in [0.2, 0.25) is 11.8 Å². The van der Waals surface area contributed by atoms with Gasteiger partial charge in [-0.1, -0.05) is 48.9 Å². The maximum Gasteiger partial charge on any atom is 0.241 e. The SMILES string of the molecule is Cc1ccc(CN2C(=O)[C@@H]([C@H](C)C(=O)NCc3ccco3)Sc3ccccc32)cc1. The second-order valence-corrected chi connectivity index (χ2v) is 8.69. The number of carbonyl (C=O) groups is 2. The number of fused-ring (bicyclic) bond motifs is 1. The fraction of sp³-hybridized carbons (Fsp3) is 0.250. The van der Waals surface area contributed by atoms with Crippen molar-refractivity contribution < 1.29 is 14.0 Å². The van der Waals surface area contributed by atoms with Crippen LogP contribution >= 0.6 is 11.8 Å². The number of hydrogen-bond acceptors (Lipinski definition) is 4. The third kappa shape index (κ3) is 4.28. The number of hydrogen-bond donors (Lipinski definition) is 1. The molecule has 5 nitrogen and oxygen atoms in total. The maximum atomic E-state index is 13.4. The Kier molecular flexibility index (Phi) is 5.95. The van der Waals surface area contributed by atoms with Crippen molar-refractivity contribution in [2.75, 3.05) is 4.90 Å². The largest absolute Gasteiger partial charge is 0.467 e. The third-order valence-electron chi connectivity index (χ3n) is 5.27. The molecule has 2 aromatic carbocycles. The lowest BCUT2D eigenvalue weighted by Gasteiger charge is -2.35. The van der Waals surface area contributed by atoms with Crippen LogP contribution in [-0.4, -0.2) is 17.1 Å².